The molecule has 0 saturated carbocycles. The van der Waals surface area contributed by atoms with Gasteiger partial charge in [0.25, 0.3) is 0 Å². The van der Waals surface area contributed by atoms with Gasteiger partial charge < -0.3 is 15.0 Å². The summed E-state index contributed by atoms with van der Waals surface area (Å²) in [7, 11) is 1.97. The third kappa shape index (κ3) is 4.74. The van der Waals surface area contributed by atoms with Gasteiger partial charge in [0.1, 0.15) is 5.75 Å². The third-order valence-electron chi connectivity index (χ3n) is 4.07. The highest BCUT2D eigenvalue weighted by atomic mass is 16.5. The number of likely N-dealkylation sites (tertiary alicyclic amines) is 1. The second-order valence-electron chi connectivity index (χ2n) is 5.69. The number of carbonyl (C=O) groups excluding carboxylic acids is 1. The first-order valence-electron chi connectivity index (χ1n) is 7.84. The molecule has 1 aromatic rings. The van der Waals surface area contributed by atoms with Crippen molar-refractivity contribution in [2.24, 2.45) is 0 Å². The zero-order valence-corrected chi connectivity index (χ0v) is 13.1. The number of ether oxygens (including phenoxy) is 1. The Kier molecular flexibility index (Phi) is 6.05. The smallest absolute Gasteiger partial charge is 0.222 e. The standard InChI is InChI=1S/C17H26N2O2/c1-14-7-3-4-9-16(14)21-12-6-10-17(20)19-11-5-8-15(13-19)18-2/h3-4,7,9,15,18H,5-6,8,10-13H2,1-2H3/t15-/m0/s1. The SMILES string of the molecule is CN[C@H]1CCCN(C(=O)CCCOc2ccccc2C)C1. The highest BCUT2D eigenvalue weighted by Gasteiger charge is 2.21. The summed E-state index contributed by atoms with van der Waals surface area (Å²) in [5.74, 6) is 1.17. The molecule has 1 atom stereocenters. The molecule has 0 aliphatic carbocycles. The Bertz CT molecular complexity index is 462. The van der Waals surface area contributed by atoms with E-state index in [0.717, 1.165) is 43.7 Å². The minimum Gasteiger partial charge on any atom is -0.493 e. The van der Waals surface area contributed by atoms with E-state index in [1.807, 2.05) is 43.1 Å². The summed E-state index contributed by atoms with van der Waals surface area (Å²) in [6, 6.07) is 8.43. The molecule has 0 spiro atoms. The molecular formula is C17H26N2O2. The largest absolute Gasteiger partial charge is 0.493 e. The molecule has 4 heteroatoms. The fourth-order valence-electron chi connectivity index (χ4n) is 2.72. The van der Waals surface area contributed by atoms with Crippen LogP contribution in [0.25, 0.3) is 0 Å². The van der Waals surface area contributed by atoms with Crippen LogP contribution in [-0.4, -0.2) is 43.6 Å². The second kappa shape index (κ2) is 8.03. The first-order chi connectivity index (χ1) is 10.2. The Hall–Kier alpha value is -1.55. The van der Waals surface area contributed by atoms with Crippen LogP contribution in [0.15, 0.2) is 24.3 Å². The normalized spacial score (nSPS) is 18.6. The number of aryl methyl sites for hydroxylation is 1. The van der Waals surface area contributed by atoms with Gasteiger partial charge in [0.2, 0.25) is 5.91 Å². The zero-order valence-electron chi connectivity index (χ0n) is 13.1. The predicted octanol–water partition coefficient (Wildman–Crippen LogP) is 2.36. The van der Waals surface area contributed by atoms with E-state index < -0.39 is 0 Å². The van der Waals surface area contributed by atoms with Gasteiger partial charge in [0.15, 0.2) is 0 Å². The molecule has 1 N–H and O–H groups in total. The highest BCUT2D eigenvalue weighted by molar-refractivity contribution is 5.76. The lowest BCUT2D eigenvalue weighted by molar-refractivity contribution is -0.132. The van der Waals surface area contributed by atoms with Crippen molar-refractivity contribution in [2.75, 3.05) is 26.7 Å². The number of nitrogens with zero attached hydrogens (tertiary/aromatic N) is 1. The molecule has 1 heterocycles. The Labute approximate surface area is 127 Å². The summed E-state index contributed by atoms with van der Waals surface area (Å²) in [5.41, 5.74) is 1.14. The summed E-state index contributed by atoms with van der Waals surface area (Å²) >= 11 is 0. The van der Waals surface area contributed by atoms with Crippen molar-refractivity contribution in [1.82, 2.24) is 10.2 Å². The molecule has 1 fully saturated rings. The van der Waals surface area contributed by atoms with Crippen molar-refractivity contribution in [2.45, 2.75) is 38.6 Å². The molecule has 1 amide bonds. The van der Waals surface area contributed by atoms with Gasteiger partial charge in [0, 0.05) is 25.6 Å². The van der Waals surface area contributed by atoms with Gasteiger partial charge in [-0.15, -0.1) is 0 Å². The average Bonchev–Trinajstić information content (AvgIpc) is 2.53. The van der Waals surface area contributed by atoms with E-state index in [2.05, 4.69) is 5.32 Å². The van der Waals surface area contributed by atoms with E-state index in [9.17, 15) is 4.79 Å². The van der Waals surface area contributed by atoms with Gasteiger partial charge in [-0.3, -0.25) is 4.79 Å². The van der Waals surface area contributed by atoms with E-state index in [4.69, 9.17) is 4.74 Å². The van der Waals surface area contributed by atoms with E-state index in [1.54, 1.807) is 0 Å². The molecule has 4 nitrogen and oxygen atoms in total. The second-order valence-corrected chi connectivity index (χ2v) is 5.69. The first kappa shape index (κ1) is 15.8. The van der Waals surface area contributed by atoms with Crippen LogP contribution in [0.5, 0.6) is 5.75 Å². The molecule has 2 rings (SSSR count). The molecule has 1 aliphatic heterocycles. The lowest BCUT2D eigenvalue weighted by atomic mass is 10.1. The molecular weight excluding hydrogens is 264 g/mol. The number of rotatable bonds is 6. The number of piperidine rings is 1. The number of para-hydroxylation sites is 1. The first-order valence-corrected chi connectivity index (χ1v) is 7.84. The Morgan fingerprint density at radius 2 is 2.24 bits per heavy atom. The number of hydrogen-bond acceptors (Lipinski definition) is 3. The number of amides is 1. The molecule has 0 radical (unpaired) electrons. The fraction of sp³-hybridized carbons (Fsp3) is 0.588. The van der Waals surface area contributed by atoms with E-state index >= 15 is 0 Å². The molecule has 0 aromatic heterocycles. The summed E-state index contributed by atoms with van der Waals surface area (Å²) < 4.78 is 5.73. The summed E-state index contributed by atoms with van der Waals surface area (Å²) in [6.07, 6.45) is 3.60. The minimum absolute atomic E-state index is 0.253. The molecule has 1 aliphatic rings. The van der Waals surface area contributed by atoms with Crippen molar-refractivity contribution in [3.05, 3.63) is 29.8 Å². The summed E-state index contributed by atoms with van der Waals surface area (Å²) in [5, 5.41) is 3.27. The maximum Gasteiger partial charge on any atom is 0.222 e. The van der Waals surface area contributed by atoms with Crippen molar-refractivity contribution >= 4 is 5.91 Å². The number of hydrogen-bond donors (Lipinski definition) is 1. The van der Waals surface area contributed by atoms with Crippen LogP contribution in [0.1, 0.15) is 31.2 Å². The van der Waals surface area contributed by atoms with Gasteiger partial charge in [0.05, 0.1) is 6.61 Å². The van der Waals surface area contributed by atoms with Crippen LogP contribution < -0.4 is 10.1 Å². The quantitative estimate of drug-likeness (QED) is 0.818. The monoisotopic (exact) mass is 290 g/mol. The lowest BCUT2D eigenvalue weighted by Gasteiger charge is -2.32. The van der Waals surface area contributed by atoms with Crippen LogP contribution in [0.3, 0.4) is 0 Å². The van der Waals surface area contributed by atoms with Gasteiger partial charge in [-0.25, -0.2) is 0 Å². The van der Waals surface area contributed by atoms with Gasteiger partial charge in [-0.2, -0.15) is 0 Å². The maximum atomic E-state index is 12.2. The average molecular weight is 290 g/mol. The predicted molar refractivity (Wildman–Crippen MR) is 84.6 cm³/mol. The van der Waals surface area contributed by atoms with Crippen LogP contribution in [0.4, 0.5) is 0 Å². The molecule has 1 saturated heterocycles. The molecule has 0 bridgehead atoms. The highest BCUT2D eigenvalue weighted by Crippen LogP contribution is 2.17. The summed E-state index contributed by atoms with van der Waals surface area (Å²) in [4.78, 5) is 14.2. The molecule has 0 unspecified atom stereocenters. The van der Waals surface area contributed by atoms with E-state index in [1.165, 1.54) is 0 Å². The topological polar surface area (TPSA) is 41.6 Å². The zero-order chi connectivity index (χ0) is 15.1. The maximum absolute atomic E-state index is 12.2. The van der Waals surface area contributed by atoms with Crippen molar-refractivity contribution < 1.29 is 9.53 Å². The molecule has 1 aromatic carbocycles. The van der Waals surface area contributed by atoms with E-state index in [0.29, 0.717) is 19.1 Å². The third-order valence-corrected chi connectivity index (χ3v) is 4.07. The van der Waals surface area contributed by atoms with Crippen LogP contribution in [-0.2, 0) is 4.79 Å². The van der Waals surface area contributed by atoms with Crippen LogP contribution >= 0.6 is 0 Å². The van der Waals surface area contributed by atoms with Crippen LogP contribution in [0, 0.1) is 6.92 Å². The minimum atomic E-state index is 0.253. The van der Waals surface area contributed by atoms with Crippen molar-refractivity contribution in [3.63, 3.8) is 0 Å². The van der Waals surface area contributed by atoms with Crippen molar-refractivity contribution in [3.8, 4) is 5.75 Å². The van der Waals surface area contributed by atoms with Gasteiger partial charge >= 0.3 is 0 Å². The van der Waals surface area contributed by atoms with Crippen molar-refractivity contribution in [1.29, 1.82) is 0 Å². The molecule has 21 heavy (non-hydrogen) atoms. The van der Waals surface area contributed by atoms with Gasteiger partial charge in [-0.05, 0) is 44.9 Å². The number of nitrogens with one attached hydrogen (secondary N) is 1. The Morgan fingerprint density at radius 1 is 1.43 bits per heavy atom. The summed E-state index contributed by atoms with van der Waals surface area (Å²) in [6.45, 7) is 4.37. The Balaban J connectivity index is 1.68. The number of benzene rings is 1. The Morgan fingerprint density at radius 3 is 3.00 bits per heavy atom. The van der Waals surface area contributed by atoms with Gasteiger partial charge in [-0.1, -0.05) is 18.2 Å². The van der Waals surface area contributed by atoms with E-state index in [-0.39, 0.29) is 5.91 Å². The lowest BCUT2D eigenvalue weighted by Crippen LogP contribution is -2.46. The number of carbonyl (C=O) groups is 1. The fourth-order valence-corrected chi connectivity index (χ4v) is 2.72. The molecule has 116 valence electrons. The number of likely N-dealkylation sites (N-methyl/N-ethyl adjacent to an activating group) is 1. The van der Waals surface area contributed by atoms with Crippen LogP contribution in [0.2, 0.25) is 0 Å².